The van der Waals surface area contributed by atoms with E-state index in [1.54, 1.807) is 0 Å². The summed E-state index contributed by atoms with van der Waals surface area (Å²) in [6.45, 7) is 4.43. The van der Waals surface area contributed by atoms with Gasteiger partial charge < -0.3 is 15.3 Å². The maximum absolute atomic E-state index is 11.8. The molecule has 9 atom stereocenters. The van der Waals surface area contributed by atoms with Crippen LogP contribution < -0.4 is 0 Å². The minimum absolute atomic E-state index is 0.152. The van der Waals surface area contributed by atoms with Crippen LogP contribution >= 0.6 is 0 Å². The van der Waals surface area contributed by atoms with E-state index in [9.17, 15) is 20.1 Å². The molecule has 24 heavy (non-hydrogen) atoms. The Morgan fingerprint density at radius 2 is 1.71 bits per heavy atom. The number of fused-ring (bicyclic) bond motifs is 5. The van der Waals surface area contributed by atoms with Crippen LogP contribution in [0.3, 0.4) is 0 Å². The molecule has 4 fully saturated rings. The summed E-state index contributed by atoms with van der Waals surface area (Å²) in [5.74, 6) is 0.840. The van der Waals surface area contributed by atoms with Gasteiger partial charge in [-0.1, -0.05) is 13.8 Å². The van der Waals surface area contributed by atoms with Gasteiger partial charge in [-0.2, -0.15) is 0 Å². The number of carbonyl (C=O) groups is 1. The topological polar surface area (TPSA) is 77.8 Å². The second kappa shape index (κ2) is 5.44. The lowest BCUT2D eigenvalue weighted by atomic mass is 9.44. The number of carboxylic acid groups (broad SMARTS) is 1. The van der Waals surface area contributed by atoms with E-state index in [1.165, 1.54) is 0 Å². The molecule has 0 saturated heterocycles. The van der Waals surface area contributed by atoms with Gasteiger partial charge in [0.2, 0.25) is 0 Å². The normalized spacial score (nSPS) is 56.9. The summed E-state index contributed by atoms with van der Waals surface area (Å²) in [5.41, 5.74) is -0.240. The summed E-state index contributed by atoms with van der Waals surface area (Å²) in [4.78, 5) is 11.8. The quantitative estimate of drug-likeness (QED) is 0.688. The highest BCUT2D eigenvalue weighted by Gasteiger charge is 2.64. The first-order chi connectivity index (χ1) is 11.3. The van der Waals surface area contributed by atoms with E-state index in [0.717, 1.165) is 51.4 Å². The second-order valence-electron chi connectivity index (χ2n) is 9.67. The second-order valence-corrected chi connectivity index (χ2v) is 9.67. The van der Waals surface area contributed by atoms with Crippen LogP contribution in [-0.4, -0.2) is 33.5 Å². The van der Waals surface area contributed by atoms with Crippen LogP contribution in [0.15, 0.2) is 0 Å². The van der Waals surface area contributed by atoms with Gasteiger partial charge in [-0.3, -0.25) is 4.79 Å². The molecule has 0 unspecified atom stereocenters. The molecule has 0 radical (unpaired) electrons. The van der Waals surface area contributed by atoms with Gasteiger partial charge in [-0.25, -0.2) is 0 Å². The molecule has 4 nitrogen and oxygen atoms in total. The molecule has 4 aliphatic carbocycles. The summed E-state index contributed by atoms with van der Waals surface area (Å²) >= 11 is 0. The van der Waals surface area contributed by atoms with Crippen LogP contribution in [0.5, 0.6) is 0 Å². The lowest BCUT2D eigenvalue weighted by molar-refractivity contribution is -0.180. The number of carboxylic acids is 1. The Bertz CT molecular complexity index is 534. The molecular weight excluding hydrogens is 304 g/mol. The molecule has 0 amide bonds. The molecule has 0 heterocycles. The van der Waals surface area contributed by atoms with Crippen LogP contribution in [0.2, 0.25) is 0 Å². The van der Waals surface area contributed by atoms with Crippen LogP contribution in [-0.2, 0) is 4.79 Å². The lowest BCUT2D eigenvalue weighted by Gasteiger charge is -2.61. The van der Waals surface area contributed by atoms with Crippen molar-refractivity contribution in [3.8, 4) is 0 Å². The summed E-state index contributed by atoms with van der Waals surface area (Å²) in [7, 11) is 0. The van der Waals surface area contributed by atoms with Gasteiger partial charge in [-0.15, -0.1) is 0 Å². The average Bonchev–Trinajstić information content (AvgIpc) is 2.88. The highest BCUT2D eigenvalue weighted by Crippen LogP contribution is 2.67. The Morgan fingerprint density at radius 1 is 0.958 bits per heavy atom. The molecule has 4 rings (SSSR count). The first-order valence-electron chi connectivity index (χ1n) is 9.87. The Hall–Kier alpha value is -0.610. The minimum atomic E-state index is -0.724. The van der Waals surface area contributed by atoms with Crippen molar-refractivity contribution in [2.45, 2.75) is 77.4 Å². The van der Waals surface area contributed by atoms with Crippen molar-refractivity contribution >= 4 is 5.97 Å². The van der Waals surface area contributed by atoms with Gasteiger partial charge >= 0.3 is 5.97 Å². The first-order valence-corrected chi connectivity index (χ1v) is 9.87. The molecule has 0 aromatic heterocycles. The van der Waals surface area contributed by atoms with Gasteiger partial charge in [0.1, 0.15) is 0 Å². The number of rotatable bonds is 1. The van der Waals surface area contributed by atoms with Gasteiger partial charge in [0.15, 0.2) is 0 Å². The van der Waals surface area contributed by atoms with Gasteiger partial charge in [-0.05, 0) is 80.5 Å². The minimum Gasteiger partial charge on any atom is -0.481 e. The van der Waals surface area contributed by atoms with Crippen molar-refractivity contribution in [1.29, 1.82) is 0 Å². The molecule has 4 aliphatic rings. The van der Waals surface area contributed by atoms with Gasteiger partial charge in [0.25, 0.3) is 0 Å². The standard InChI is InChI=1S/C20H32O4/c1-19-8-7-12(21)9-11(19)3-4-13-14-5-6-15(18(23)24)20(14,2)17(22)10-16(13)19/h11-17,21-22H,3-10H2,1-2H3,(H,23,24)/t11-,12+,13+,14+,15-,16+,17-,19+,20+/m1/s1. The van der Waals surface area contributed by atoms with Crippen LogP contribution in [0.25, 0.3) is 0 Å². The maximum atomic E-state index is 11.8. The lowest BCUT2D eigenvalue weighted by Crippen LogP contribution is -2.59. The predicted molar refractivity (Wildman–Crippen MR) is 90.2 cm³/mol. The number of hydrogen-bond donors (Lipinski definition) is 3. The van der Waals surface area contributed by atoms with E-state index in [2.05, 4.69) is 6.92 Å². The molecule has 3 N–H and O–H groups in total. The summed E-state index contributed by atoms with van der Waals surface area (Å²) in [6.07, 6.45) is 6.93. The predicted octanol–water partition coefficient (Wildman–Crippen LogP) is 3.06. The SMILES string of the molecule is C[C@]12CC[C@H](O)C[C@H]1CC[C@@H]1[C@@H]2C[C@@H](O)[C@]2(C)[C@@H](C(=O)O)CC[C@@H]12. The third-order valence-corrected chi connectivity index (χ3v) is 9.04. The fraction of sp³-hybridized carbons (Fsp3) is 0.950. The summed E-state index contributed by atoms with van der Waals surface area (Å²) in [6, 6.07) is 0. The van der Waals surface area contributed by atoms with Crippen LogP contribution in [0.4, 0.5) is 0 Å². The van der Waals surface area contributed by atoms with E-state index < -0.39 is 23.4 Å². The number of hydrogen-bond acceptors (Lipinski definition) is 3. The van der Waals surface area contributed by atoms with E-state index in [-0.39, 0.29) is 11.5 Å². The monoisotopic (exact) mass is 336 g/mol. The third kappa shape index (κ3) is 2.08. The molecule has 4 saturated carbocycles. The molecule has 0 aliphatic heterocycles. The highest BCUT2D eigenvalue weighted by atomic mass is 16.4. The zero-order valence-electron chi connectivity index (χ0n) is 14.9. The molecular formula is C20H32O4. The van der Waals surface area contributed by atoms with E-state index >= 15 is 0 Å². The smallest absolute Gasteiger partial charge is 0.307 e. The molecule has 0 aromatic rings. The molecule has 136 valence electrons. The van der Waals surface area contributed by atoms with Gasteiger partial charge in [0.05, 0.1) is 18.1 Å². The largest absolute Gasteiger partial charge is 0.481 e. The Morgan fingerprint density at radius 3 is 2.42 bits per heavy atom. The molecule has 0 bridgehead atoms. The van der Waals surface area contributed by atoms with E-state index in [0.29, 0.717) is 23.7 Å². The Kier molecular flexibility index (Phi) is 3.82. The van der Waals surface area contributed by atoms with Crippen molar-refractivity contribution in [3.05, 3.63) is 0 Å². The molecule has 0 aromatic carbocycles. The first kappa shape index (κ1) is 16.8. The highest BCUT2D eigenvalue weighted by molar-refractivity contribution is 5.71. The Labute approximate surface area is 144 Å². The maximum Gasteiger partial charge on any atom is 0.307 e. The van der Waals surface area contributed by atoms with Gasteiger partial charge in [0, 0.05) is 5.41 Å². The average molecular weight is 336 g/mol. The number of aliphatic hydroxyl groups is 2. The third-order valence-electron chi connectivity index (χ3n) is 9.04. The van der Waals surface area contributed by atoms with Crippen molar-refractivity contribution in [2.24, 2.45) is 40.4 Å². The number of aliphatic hydroxyl groups excluding tert-OH is 2. The van der Waals surface area contributed by atoms with Crippen molar-refractivity contribution in [1.82, 2.24) is 0 Å². The summed E-state index contributed by atoms with van der Waals surface area (Å²) < 4.78 is 0. The van der Waals surface area contributed by atoms with Crippen molar-refractivity contribution < 1.29 is 20.1 Å². The zero-order chi connectivity index (χ0) is 17.3. The van der Waals surface area contributed by atoms with E-state index in [1.807, 2.05) is 6.92 Å². The molecule has 4 heteroatoms. The van der Waals surface area contributed by atoms with Crippen LogP contribution in [0, 0.1) is 40.4 Å². The van der Waals surface area contributed by atoms with Crippen molar-refractivity contribution in [3.63, 3.8) is 0 Å². The summed E-state index contributed by atoms with van der Waals surface area (Å²) in [5, 5.41) is 30.8. The molecule has 0 spiro atoms. The Balaban J connectivity index is 1.66. The zero-order valence-corrected chi connectivity index (χ0v) is 14.9. The van der Waals surface area contributed by atoms with E-state index in [4.69, 9.17) is 0 Å². The fourth-order valence-corrected chi connectivity index (χ4v) is 7.61. The van der Waals surface area contributed by atoms with Crippen molar-refractivity contribution in [2.75, 3.05) is 0 Å². The number of aliphatic carboxylic acids is 1. The van der Waals surface area contributed by atoms with Crippen LogP contribution in [0.1, 0.15) is 65.2 Å². The fourth-order valence-electron chi connectivity index (χ4n) is 7.61.